The van der Waals surface area contributed by atoms with Crippen LogP contribution in [0.1, 0.15) is 12.8 Å². The van der Waals surface area contributed by atoms with Gasteiger partial charge in [-0.05, 0) is 12.8 Å². The van der Waals surface area contributed by atoms with Gasteiger partial charge in [-0.2, -0.15) is 0 Å². The predicted octanol–water partition coefficient (Wildman–Crippen LogP) is 1.32. The van der Waals surface area contributed by atoms with Gasteiger partial charge in [0, 0.05) is 13.2 Å². The summed E-state index contributed by atoms with van der Waals surface area (Å²) < 4.78 is 4.94. The fraction of sp³-hybridized carbons (Fsp3) is 0.667. The van der Waals surface area contributed by atoms with Crippen LogP contribution < -0.4 is 0 Å². The van der Waals surface area contributed by atoms with Crippen molar-refractivity contribution in [3.05, 3.63) is 14.9 Å². The van der Waals surface area contributed by atoms with Crippen molar-refractivity contribution in [1.82, 2.24) is 0 Å². The molecule has 0 amide bonds. The zero-order valence-electron chi connectivity index (χ0n) is 5.94. The first kappa shape index (κ1) is 15.9. The van der Waals surface area contributed by atoms with E-state index in [1.165, 1.54) is 12.8 Å². The molecule has 0 aromatic heterocycles. The van der Waals surface area contributed by atoms with Crippen LogP contribution in [0, 0.1) is 14.9 Å². The first-order valence-corrected chi connectivity index (χ1v) is 2.08. The van der Waals surface area contributed by atoms with Crippen LogP contribution >= 0.6 is 0 Å². The quantitative estimate of drug-likeness (QED) is 0.351. The van der Waals surface area contributed by atoms with Gasteiger partial charge in [-0.3, -0.25) is 0 Å². The van der Waals surface area contributed by atoms with Crippen molar-refractivity contribution in [3.8, 4) is 0 Å². The van der Waals surface area contributed by atoms with E-state index in [-0.39, 0.29) is 37.9 Å². The van der Waals surface area contributed by atoms with Gasteiger partial charge in [-0.25, -0.2) is 0 Å². The van der Waals surface area contributed by atoms with Crippen molar-refractivity contribution < 1.29 is 4.74 Å². The summed E-state index contributed by atoms with van der Waals surface area (Å²) in [5.74, 6) is 0. The Morgan fingerprint density at radius 1 is 0.875 bits per heavy atom. The normalized spacial score (nSPS) is 15.0. The summed E-state index contributed by atoms with van der Waals surface area (Å²) in [6.07, 6.45) is 2.56. The standard InChI is InChI=1S/C4H8O.2CH3.Mg/c1-2-4-5-3-1;;;/h1-4H2;2*1H3;/q;2*-1;+2. The van der Waals surface area contributed by atoms with Gasteiger partial charge in [-0.15, -0.1) is 0 Å². The molecule has 0 aromatic rings. The molecular formula is C6H14MgO. The van der Waals surface area contributed by atoms with Gasteiger partial charge in [0.2, 0.25) is 0 Å². The summed E-state index contributed by atoms with van der Waals surface area (Å²) in [6.45, 7) is 2.00. The monoisotopic (exact) mass is 126 g/mol. The van der Waals surface area contributed by atoms with E-state index in [0.29, 0.717) is 0 Å². The first-order chi connectivity index (χ1) is 2.50. The Labute approximate surface area is 69.0 Å². The summed E-state index contributed by atoms with van der Waals surface area (Å²) in [5.41, 5.74) is 0. The molecule has 1 saturated heterocycles. The Balaban J connectivity index is -0.0000000833. The minimum absolute atomic E-state index is 0. The van der Waals surface area contributed by atoms with Crippen LogP contribution in [0.4, 0.5) is 0 Å². The van der Waals surface area contributed by atoms with Crippen molar-refractivity contribution in [1.29, 1.82) is 0 Å². The van der Waals surface area contributed by atoms with Crippen LogP contribution in [0.5, 0.6) is 0 Å². The van der Waals surface area contributed by atoms with E-state index in [2.05, 4.69) is 0 Å². The fourth-order valence-corrected chi connectivity index (χ4v) is 0.510. The molecule has 46 valence electrons. The van der Waals surface area contributed by atoms with Crippen LogP contribution in [-0.2, 0) is 4.74 Å². The maximum atomic E-state index is 4.94. The van der Waals surface area contributed by atoms with Crippen LogP contribution in [0.3, 0.4) is 0 Å². The fourth-order valence-electron chi connectivity index (χ4n) is 0.510. The molecule has 1 rings (SSSR count). The van der Waals surface area contributed by atoms with Crippen LogP contribution in [0.2, 0.25) is 0 Å². The molecule has 1 heterocycles. The number of hydrogen-bond acceptors (Lipinski definition) is 1. The molecule has 0 spiro atoms. The van der Waals surface area contributed by atoms with E-state index in [9.17, 15) is 0 Å². The largest absolute Gasteiger partial charge is 2.00 e. The zero-order chi connectivity index (χ0) is 3.54. The Morgan fingerprint density at radius 3 is 1.38 bits per heavy atom. The van der Waals surface area contributed by atoms with Gasteiger partial charge in [0.15, 0.2) is 0 Å². The Morgan fingerprint density at radius 2 is 1.25 bits per heavy atom. The topological polar surface area (TPSA) is 9.23 Å². The molecule has 0 unspecified atom stereocenters. The third-order valence-corrected chi connectivity index (χ3v) is 0.827. The van der Waals surface area contributed by atoms with E-state index >= 15 is 0 Å². The summed E-state index contributed by atoms with van der Waals surface area (Å²) in [7, 11) is 0. The maximum absolute atomic E-state index is 4.94. The average Bonchev–Trinajstić information content (AvgIpc) is 1.76. The van der Waals surface area contributed by atoms with Gasteiger partial charge in [0.05, 0.1) is 0 Å². The van der Waals surface area contributed by atoms with E-state index in [1.807, 2.05) is 0 Å². The van der Waals surface area contributed by atoms with Gasteiger partial charge < -0.3 is 19.6 Å². The Bertz CT molecular complexity index is 20.1. The third kappa shape index (κ3) is 6.73. The molecule has 0 N–H and O–H groups in total. The zero-order valence-corrected chi connectivity index (χ0v) is 7.36. The predicted molar refractivity (Wildman–Crippen MR) is 38.6 cm³/mol. The van der Waals surface area contributed by atoms with Gasteiger partial charge in [-0.1, -0.05) is 0 Å². The van der Waals surface area contributed by atoms with Crippen molar-refractivity contribution in [2.75, 3.05) is 13.2 Å². The van der Waals surface area contributed by atoms with E-state index in [4.69, 9.17) is 4.74 Å². The molecule has 1 fully saturated rings. The van der Waals surface area contributed by atoms with Crippen LogP contribution in [0.15, 0.2) is 0 Å². The van der Waals surface area contributed by atoms with Gasteiger partial charge in [0.1, 0.15) is 0 Å². The van der Waals surface area contributed by atoms with Gasteiger partial charge in [0.25, 0.3) is 0 Å². The SMILES string of the molecule is C1CCOC1.[CH3-].[CH3-].[Mg+2]. The van der Waals surface area contributed by atoms with E-state index in [1.54, 1.807) is 0 Å². The number of rotatable bonds is 0. The molecule has 1 aliphatic heterocycles. The molecule has 8 heavy (non-hydrogen) atoms. The summed E-state index contributed by atoms with van der Waals surface area (Å²) in [5, 5.41) is 0. The molecule has 0 atom stereocenters. The Hall–Kier alpha value is 0.726. The summed E-state index contributed by atoms with van der Waals surface area (Å²) >= 11 is 0. The smallest absolute Gasteiger partial charge is 0.381 e. The maximum Gasteiger partial charge on any atom is 2.00 e. The molecule has 1 aliphatic rings. The first-order valence-electron chi connectivity index (χ1n) is 2.08. The minimum Gasteiger partial charge on any atom is -0.381 e. The molecule has 0 radical (unpaired) electrons. The second-order valence-electron chi connectivity index (χ2n) is 1.32. The van der Waals surface area contributed by atoms with Crippen molar-refractivity contribution in [3.63, 3.8) is 0 Å². The third-order valence-electron chi connectivity index (χ3n) is 0.827. The van der Waals surface area contributed by atoms with E-state index in [0.717, 1.165) is 13.2 Å². The molecular weight excluding hydrogens is 112 g/mol. The summed E-state index contributed by atoms with van der Waals surface area (Å²) in [6, 6.07) is 0. The van der Waals surface area contributed by atoms with Gasteiger partial charge >= 0.3 is 23.1 Å². The number of ether oxygens (including phenoxy) is 1. The van der Waals surface area contributed by atoms with Crippen LogP contribution in [0.25, 0.3) is 0 Å². The van der Waals surface area contributed by atoms with Crippen LogP contribution in [-0.4, -0.2) is 36.3 Å². The Kier molecular flexibility index (Phi) is 21.2. The van der Waals surface area contributed by atoms with Crippen molar-refractivity contribution >= 4 is 23.1 Å². The number of hydrogen-bond donors (Lipinski definition) is 0. The van der Waals surface area contributed by atoms with E-state index < -0.39 is 0 Å². The molecule has 0 aliphatic carbocycles. The molecule has 0 saturated carbocycles. The summed E-state index contributed by atoms with van der Waals surface area (Å²) in [4.78, 5) is 0. The second-order valence-corrected chi connectivity index (χ2v) is 1.32. The molecule has 1 nitrogen and oxygen atoms in total. The van der Waals surface area contributed by atoms with Crippen molar-refractivity contribution in [2.24, 2.45) is 0 Å². The average molecular weight is 126 g/mol. The van der Waals surface area contributed by atoms with Crippen molar-refractivity contribution in [2.45, 2.75) is 12.8 Å². The second kappa shape index (κ2) is 10.7. The molecule has 0 aromatic carbocycles. The molecule has 2 heteroatoms. The molecule has 0 bridgehead atoms. The minimum atomic E-state index is 0.